The van der Waals surface area contributed by atoms with Crippen LogP contribution in [0.5, 0.6) is 0 Å². The summed E-state index contributed by atoms with van der Waals surface area (Å²) in [5.41, 5.74) is 3.13. The standard InChI is InChI=1S/C12H12N4O2/c1-16-10(7-11(17)15-16)12(18)14-13-8-9-5-3-2-4-6-9/h2-8H,1H3,(H,14,18)(H,15,17). The fourth-order valence-corrected chi connectivity index (χ4v) is 1.46. The van der Waals surface area contributed by atoms with Crippen molar-refractivity contribution < 1.29 is 4.79 Å². The van der Waals surface area contributed by atoms with Gasteiger partial charge >= 0.3 is 0 Å². The molecule has 0 bridgehead atoms. The molecule has 0 unspecified atom stereocenters. The Balaban J connectivity index is 2.03. The normalized spacial score (nSPS) is 10.7. The van der Waals surface area contributed by atoms with Crippen LogP contribution in [0.4, 0.5) is 0 Å². The van der Waals surface area contributed by atoms with Crippen LogP contribution in [0, 0.1) is 0 Å². The van der Waals surface area contributed by atoms with Crippen molar-refractivity contribution in [1.82, 2.24) is 15.2 Å². The van der Waals surface area contributed by atoms with E-state index in [1.807, 2.05) is 30.3 Å². The summed E-state index contributed by atoms with van der Waals surface area (Å²) in [6, 6.07) is 10.6. The summed E-state index contributed by atoms with van der Waals surface area (Å²) in [5.74, 6) is -0.442. The lowest BCUT2D eigenvalue weighted by Gasteiger charge is -1.99. The molecule has 0 aliphatic heterocycles. The van der Waals surface area contributed by atoms with E-state index in [4.69, 9.17) is 0 Å². The van der Waals surface area contributed by atoms with E-state index in [2.05, 4.69) is 15.6 Å². The molecule has 0 saturated carbocycles. The molecule has 0 aliphatic rings. The number of hydrogen-bond acceptors (Lipinski definition) is 3. The molecule has 6 heteroatoms. The SMILES string of the molecule is Cn1[nH]c(=O)cc1C(=O)NN=Cc1ccccc1. The quantitative estimate of drug-likeness (QED) is 0.608. The van der Waals surface area contributed by atoms with Gasteiger partial charge < -0.3 is 0 Å². The number of hydrogen-bond donors (Lipinski definition) is 2. The second-order valence-electron chi connectivity index (χ2n) is 3.67. The maximum absolute atomic E-state index is 11.7. The molecule has 0 radical (unpaired) electrons. The van der Waals surface area contributed by atoms with E-state index in [9.17, 15) is 9.59 Å². The highest BCUT2D eigenvalue weighted by Crippen LogP contribution is 1.94. The average molecular weight is 244 g/mol. The number of rotatable bonds is 3. The molecule has 2 rings (SSSR count). The molecule has 0 saturated heterocycles. The number of carbonyl (C=O) groups is 1. The number of nitrogens with zero attached hydrogens (tertiary/aromatic N) is 2. The first-order chi connectivity index (χ1) is 8.66. The van der Waals surface area contributed by atoms with Crippen molar-refractivity contribution in [2.24, 2.45) is 12.1 Å². The fourth-order valence-electron chi connectivity index (χ4n) is 1.46. The summed E-state index contributed by atoms with van der Waals surface area (Å²) in [6.45, 7) is 0. The van der Waals surface area contributed by atoms with Crippen molar-refractivity contribution in [2.45, 2.75) is 0 Å². The molecule has 18 heavy (non-hydrogen) atoms. The predicted molar refractivity (Wildman–Crippen MR) is 67.5 cm³/mol. The number of H-pyrrole nitrogens is 1. The van der Waals surface area contributed by atoms with Gasteiger partial charge in [-0.05, 0) is 5.56 Å². The molecule has 1 aromatic carbocycles. The number of hydrazone groups is 1. The van der Waals surface area contributed by atoms with E-state index in [1.165, 1.54) is 17.0 Å². The zero-order valence-corrected chi connectivity index (χ0v) is 9.75. The molecule has 6 nitrogen and oxygen atoms in total. The lowest BCUT2D eigenvalue weighted by molar-refractivity contribution is 0.0946. The Labute approximate surface area is 103 Å². The van der Waals surface area contributed by atoms with Crippen molar-refractivity contribution in [1.29, 1.82) is 0 Å². The van der Waals surface area contributed by atoms with E-state index in [0.717, 1.165) is 5.56 Å². The summed E-state index contributed by atoms with van der Waals surface area (Å²) in [5, 5.41) is 6.26. The molecule has 0 spiro atoms. The highest BCUT2D eigenvalue weighted by molar-refractivity contribution is 5.93. The Morgan fingerprint density at radius 3 is 2.72 bits per heavy atom. The number of carbonyl (C=O) groups excluding carboxylic acids is 1. The Kier molecular flexibility index (Phi) is 3.38. The number of nitrogens with one attached hydrogen (secondary N) is 2. The monoisotopic (exact) mass is 244 g/mol. The largest absolute Gasteiger partial charge is 0.289 e. The van der Waals surface area contributed by atoms with Crippen LogP contribution >= 0.6 is 0 Å². The van der Waals surface area contributed by atoms with Gasteiger partial charge in [0.1, 0.15) is 5.69 Å². The van der Waals surface area contributed by atoms with Gasteiger partial charge in [-0.2, -0.15) is 5.10 Å². The molecule has 92 valence electrons. The lowest BCUT2D eigenvalue weighted by atomic mass is 10.2. The third-order valence-electron chi connectivity index (χ3n) is 2.32. The number of benzene rings is 1. The van der Waals surface area contributed by atoms with Gasteiger partial charge in [0.05, 0.1) is 6.21 Å². The number of aromatic amines is 1. The number of amides is 1. The first-order valence-corrected chi connectivity index (χ1v) is 5.31. The second kappa shape index (κ2) is 5.13. The molecular formula is C12H12N4O2. The molecular weight excluding hydrogens is 232 g/mol. The number of aromatic nitrogens is 2. The van der Waals surface area contributed by atoms with Gasteiger partial charge in [0.15, 0.2) is 0 Å². The highest BCUT2D eigenvalue weighted by atomic mass is 16.2. The van der Waals surface area contributed by atoms with Crippen LogP contribution in [-0.2, 0) is 7.05 Å². The zero-order valence-electron chi connectivity index (χ0n) is 9.75. The van der Waals surface area contributed by atoms with Crippen molar-refractivity contribution >= 4 is 12.1 Å². The van der Waals surface area contributed by atoms with Gasteiger partial charge in [0.2, 0.25) is 0 Å². The van der Waals surface area contributed by atoms with E-state index in [-0.39, 0.29) is 11.3 Å². The molecule has 1 amide bonds. The summed E-state index contributed by atoms with van der Waals surface area (Å²) in [7, 11) is 1.58. The summed E-state index contributed by atoms with van der Waals surface area (Å²) < 4.78 is 1.34. The van der Waals surface area contributed by atoms with Crippen molar-refractivity contribution in [3.05, 3.63) is 58.0 Å². The van der Waals surface area contributed by atoms with Crippen LogP contribution < -0.4 is 11.0 Å². The Morgan fingerprint density at radius 2 is 2.11 bits per heavy atom. The summed E-state index contributed by atoms with van der Waals surface area (Å²) in [6.07, 6.45) is 1.53. The van der Waals surface area contributed by atoms with E-state index in [0.29, 0.717) is 0 Å². The van der Waals surface area contributed by atoms with Crippen LogP contribution in [0.2, 0.25) is 0 Å². The lowest BCUT2D eigenvalue weighted by Crippen LogP contribution is -2.20. The maximum Gasteiger partial charge on any atom is 0.289 e. The van der Waals surface area contributed by atoms with Gasteiger partial charge in [0.25, 0.3) is 11.5 Å². The smallest absolute Gasteiger partial charge is 0.283 e. The van der Waals surface area contributed by atoms with Gasteiger partial charge in [-0.1, -0.05) is 30.3 Å². The second-order valence-corrected chi connectivity index (χ2v) is 3.67. The van der Waals surface area contributed by atoms with E-state index >= 15 is 0 Å². The zero-order chi connectivity index (χ0) is 13.0. The highest BCUT2D eigenvalue weighted by Gasteiger charge is 2.09. The maximum atomic E-state index is 11.7. The first-order valence-electron chi connectivity index (χ1n) is 5.31. The minimum absolute atomic E-state index is 0.227. The first kappa shape index (κ1) is 11.8. The third kappa shape index (κ3) is 2.73. The molecule has 1 heterocycles. The topological polar surface area (TPSA) is 79.2 Å². The van der Waals surface area contributed by atoms with Crippen LogP contribution in [0.3, 0.4) is 0 Å². The number of aryl methyl sites for hydroxylation is 1. The molecule has 1 aromatic heterocycles. The van der Waals surface area contributed by atoms with E-state index in [1.54, 1.807) is 7.05 Å². The average Bonchev–Trinajstić information content (AvgIpc) is 2.70. The van der Waals surface area contributed by atoms with Gasteiger partial charge in [0, 0.05) is 13.1 Å². The predicted octanol–water partition coefficient (Wildman–Crippen LogP) is 0.477. The Morgan fingerprint density at radius 1 is 1.39 bits per heavy atom. The van der Waals surface area contributed by atoms with E-state index < -0.39 is 5.91 Å². The van der Waals surface area contributed by atoms with Gasteiger partial charge in [-0.15, -0.1) is 0 Å². The third-order valence-corrected chi connectivity index (χ3v) is 2.32. The molecule has 0 atom stereocenters. The Hall–Kier alpha value is -2.63. The van der Waals surface area contributed by atoms with Crippen LogP contribution in [0.25, 0.3) is 0 Å². The van der Waals surface area contributed by atoms with Crippen LogP contribution in [0.15, 0.2) is 46.3 Å². The molecule has 0 aliphatic carbocycles. The molecule has 2 aromatic rings. The summed E-state index contributed by atoms with van der Waals surface area (Å²) in [4.78, 5) is 22.7. The fraction of sp³-hybridized carbons (Fsp3) is 0.0833. The van der Waals surface area contributed by atoms with Gasteiger partial charge in [-0.3, -0.25) is 19.4 Å². The van der Waals surface area contributed by atoms with Crippen molar-refractivity contribution in [3.8, 4) is 0 Å². The van der Waals surface area contributed by atoms with Crippen LogP contribution in [-0.4, -0.2) is 21.9 Å². The van der Waals surface area contributed by atoms with Crippen molar-refractivity contribution in [3.63, 3.8) is 0 Å². The summed E-state index contributed by atoms with van der Waals surface area (Å²) >= 11 is 0. The Bertz CT molecular complexity index is 625. The minimum Gasteiger partial charge on any atom is -0.283 e. The minimum atomic E-state index is -0.442. The molecule has 0 fully saturated rings. The van der Waals surface area contributed by atoms with Crippen LogP contribution in [0.1, 0.15) is 16.1 Å². The molecule has 2 N–H and O–H groups in total. The van der Waals surface area contributed by atoms with Gasteiger partial charge in [-0.25, -0.2) is 5.43 Å². The van der Waals surface area contributed by atoms with Crippen molar-refractivity contribution in [2.75, 3.05) is 0 Å².